The van der Waals surface area contributed by atoms with E-state index in [-0.39, 0.29) is 94.8 Å². The molecule has 133 heavy (non-hydrogen) atoms. The van der Waals surface area contributed by atoms with Gasteiger partial charge in [0.1, 0.15) is 0 Å². The summed E-state index contributed by atoms with van der Waals surface area (Å²) in [5, 5.41) is 49.8. The fourth-order valence-corrected chi connectivity index (χ4v) is 12.8. The number of nitrogens with two attached hydrogens (primary N) is 2. The molecule has 0 saturated carbocycles. The number of amides is 8. The van der Waals surface area contributed by atoms with Crippen LogP contribution in [-0.4, -0.2) is 200 Å². The molecule has 0 aliphatic carbocycles. The predicted molar refractivity (Wildman–Crippen MR) is 509 cm³/mol. The minimum atomic E-state index is -1.04. The Balaban J connectivity index is 0.000000242. The number of thiocarbonyl (C=S) groups is 2. The van der Waals surface area contributed by atoms with Gasteiger partial charge in [0.05, 0.1) is 142 Å². The van der Waals surface area contributed by atoms with Gasteiger partial charge < -0.3 is 115 Å². The minimum Gasteiger partial charge on any atom is -0.481 e. The molecule has 10 aromatic rings. The number of nitrogens with one attached hydrogen (secondary N) is 16. The number of carbonyl (C=O) groups excluding carboxylic acids is 11. The minimum absolute atomic E-state index is 0.0277. The van der Waals surface area contributed by atoms with Crippen LogP contribution in [0.1, 0.15) is 149 Å². The lowest BCUT2D eigenvalue weighted by atomic mass is 10.1. The van der Waals surface area contributed by atoms with E-state index in [1.165, 1.54) is 27.5 Å². The Labute approximate surface area is 779 Å². The van der Waals surface area contributed by atoms with Crippen LogP contribution in [0, 0.1) is 0 Å². The van der Waals surface area contributed by atoms with E-state index in [9.17, 15) is 57.5 Å². The molecule has 0 fully saturated rings. The number of aliphatic carboxylic acids is 1. The predicted octanol–water partition coefficient (Wildman–Crippen LogP) is 7.38. The van der Waals surface area contributed by atoms with Crippen molar-refractivity contribution in [1.82, 2.24) is 93.0 Å². The lowest BCUT2D eigenvalue weighted by Gasteiger charge is -2.18. The summed E-state index contributed by atoms with van der Waals surface area (Å²) in [6, 6.07) is 41.4. The van der Waals surface area contributed by atoms with Gasteiger partial charge in [0.15, 0.2) is 10.2 Å². The Morgan fingerprint density at radius 2 is 0.639 bits per heavy atom. The Kier molecular flexibility index (Phi) is 47.0. The van der Waals surface area contributed by atoms with Crippen LogP contribution in [0.25, 0.3) is 22.1 Å². The summed E-state index contributed by atoms with van der Waals surface area (Å²) in [6.07, 6.45) is 18.9. The molecule has 0 bridgehead atoms. The number of fused-ring (bicyclic) bond motifs is 2. The molecule has 0 aliphatic rings. The van der Waals surface area contributed by atoms with Crippen molar-refractivity contribution in [3.63, 3.8) is 0 Å². The number of pyridine rings is 4. The van der Waals surface area contributed by atoms with Gasteiger partial charge in [-0.25, -0.2) is 9.97 Å². The molecule has 0 saturated heterocycles. The molecule has 42 heteroatoms. The highest BCUT2D eigenvalue weighted by molar-refractivity contribution is 7.80. The largest absolute Gasteiger partial charge is 0.481 e. The number of aromatic nitrogens is 8. The number of carboxylic acid groups (broad SMARTS) is 1. The average molecular weight is 1860 g/mol. The van der Waals surface area contributed by atoms with E-state index < -0.39 is 71.7 Å². The smallest absolute Gasteiger partial charge is 0.307 e. The third-order valence-corrected chi connectivity index (χ3v) is 19.8. The van der Waals surface area contributed by atoms with Gasteiger partial charge in [-0.1, -0.05) is 72.8 Å². The van der Waals surface area contributed by atoms with Gasteiger partial charge in [-0.2, -0.15) is 0 Å². The second kappa shape index (κ2) is 59.7. The van der Waals surface area contributed by atoms with Crippen LogP contribution >= 0.6 is 24.4 Å². The van der Waals surface area contributed by atoms with Crippen LogP contribution in [0.15, 0.2) is 195 Å². The monoisotopic (exact) mass is 1860 g/mol. The first kappa shape index (κ1) is 105. The summed E-state index contributed by atoms with van der Waals surface area (Å²) in [4.78, 5) is 175. The van der Waals surface area contributed by atoms with E-state index in [1.54, 1.807) is 104 Å². The Hall–Kier alpha value is -15.4. The van der Waals surface area contributed by atoms with Crippen molar-refractivity contribution >= 4 is 163 Å². The van der Waals surface area contributed by atoms with Crippen LogP contribution in [0.3, 0.4) is 0 Å². The lowest BCUT2D eigenvalue weighted by molar-refractivity contribution is -0.142. The molecular weight excluding hydrogens is 1750 g/mol. The van der Waals surface area contributed by atoms with E-state index in [2.05, 4.69) is 114 Å². The summed E-state index contributed by atoms with van der Waals surface area (Å²) in [6.45, 7) is 1.74. The number of nitrogen functional groups attached to an aromatic ring is 2. The normalized spacial score (nSPS) is 11.3. The maximum Gasteiger partial charge on any atom is 0.307 e. The number of methoxy groups -OCH3 is 3. The van der Waals surface area contributed by atoms with Crippen molar-refractivity contribution in [3.05, 3.63) is 217 Å². The van der Waals surface area contributed by atoms with Crippen LogP contribution < -0.4 is 85.9 Å². The van der Waals surface area contributed by atoms with Gasteiger partial charge >= 0.3 is 23.9 Å². The third kappa shape index (κ3) is 42.2. The number of H-pyrrole nitrogens is 2. The molecule has 0 aliphatic heterocycles. The molecule has 4 aromatic carbocycles. The Bertz CT molecular complexity index is 5160. The number of unbranched alkanes of at least 4 members (excludes halogenated alkanes) is 4. The lowest BCUT2D eigenvalue weighted by Crippen LogP contribution is -2.39. The van der Waals surface area contributed by atoms with Crippen molar-refractivity contribution < 1.29 is 76.9 Å². The Morgan fingerprint density at radius 3 is 0.917 bits per heavy atom. The summed E-state index contributed by atoms with van der Waals surface area (Å²) in [5.41, 5.74) is 20.7. The molecule has 8 amide bonds. The highest BCUT2D eigenvalue weighted by Crippen LogP contribution is 2.23. The standard InChI is InChI=1S/2C23H30N6O4S.C23H28N6O4.C22H26N6O4/c2*1-33-22(32)13-19(16-7-6-11-25-14-16)28-21(31)15-27-20(30)10-4-5-12-26-23(34)29-18-9-3-2-8-17(18)24;1-33-22(32)13-19(16-7-6-11-24-14-16)27-21(31)15-26-20(30)10-4-5-12-25-23-28-17-8-2-3-9-18(17)29-23;29-19(9-3-4-11-24-22-27-16-7-1-2-8-17(16)28-22)25-14-20(30)26-18(12-21(31)32)15-6-5-10-23-13-15/h2*2-3,6-9,11,14,19H,4-5,10,12-13,15,24H2,1H3,(H,27,30)(H,28,31)(H2,26,29,34);2-3,6-9,11,14,19H,4-5,10,12-13,15H2,1H3,(H,26,30)(H,27,31)(H2,25,28,29);1-2,5-8,10,13,18H,3-4,9,11-12,14H2,(H,25,29)(H,26,30)(H,31,32)(H2,24,27,28)/t3*19-;18-/m0000/s1. The molecule has 706 valence electrons. The van der Waals surface area contributed by atoms with Gasteiger partial charge in [0.2, 0.25) is 59.2 Å². The zero-order valence-electron chi connectivity index (χ0n) is 74.0. The quantitative estimate of drug-likeness (QED) is 0.00581. The SMILES string of the molecule is COC(=O)C[C@H](NC(=O)CNC(=O)CCCCNC(=S)Nc1ccccc1N)c1cccnc1.COC(=O)C[C@H](NC(=O)CNC(=O)CCCCNC(=S)Nc1ccccc1N)c1cccnc1.COC(=O)C[C@H](NC(=O)CNC(=O)CCCCNc1nc2ccccc2[nH]1)c1cccnc1.O=C(O)C[C@H](NC(=O)CNC(=O)CCCCNc1nc2ccccc2[nH]1)c1cccnc1. The van der Waals surface area contributed by atoms with Gasteiger partial charge in [-0.3, -0.25) is 77.5 Å². The zero-order valence-corrected chi connectivity index (χ0v) is 75.6. The number of para-hydroxylation sites is 8. The number of imidazole rings is 2. The van der Waals surface area contributed by atoms with Crippen LogP contribution in [0.4, 0.5) is 34.6 Å². The number of hydrogen-bond acceptors (Lipinski definition) is 27. The molecule has 6 aromatic heterocycles. The van der Waals surface area contributed by atoms with Gasteiger partial charge in [0, 0.05) is 101 Å². The van der Waals surface area contributed by atoms with Gasteiger partial charge in [-0.05, 0) is 171 Å². The number of carbonyl (C=O) groups is 12. The number of anilines is 6. The van der Waals surface area contributed by atoms with Crippen LogP contribution in [0.2, 0.25) is 0 Å². The van der Waals surface area contributed by atoms with Crippen molar-refractivity contribution in [2.75, 3.05) is 106 Å². The number of aromatic amines is 2. The molecule has 0 spiro atoms. The van der Waals surface area contributed by atoms with Crippen LogP contribution in [-0.2, 0) is 71.7 Å². The van der Waals surface area contributed by atoms with E-state index in [0.717, 1.165) is 46.3 Å². The topological polar surface area (TPSA) is 582 Å². The summed E-state index contributed by atoms with van der Waals surface area (Å²) in [7, 11) is 3.85. The highest BCUT2D eigenvalue weighted by atomic mass is 32.1. The molecule has 21 N–H and O–H groups in total. The van der Waals surface area contributed by atoms with Gasteiger partial charge in [-0.15, -0.1) is 0 Å². The fraction of sp³-hybridized carbons (Fsp3) is 0.341. The van der Waals surface area contributed by atoms with Crippen molar-refractivity contribution in [3.8, 4) is 0 Å². The number of esters is 3. The maximum atomic E-state index is 12.3. The number of hydrogen-bond donors (Lipinski definition) is 19. The summed E-state index contributed by atoms with van der Waals surface area (Å²) in [5.74, 6) is -3.63. The number of rotatable bonds is 48. The van der Waals surface area contributed by atoms with Crippen LogP contribution in [0.5, 0.6) is 0 Å². The van der Waals surface area contributed by atoms with E-state index in [4.69, 9.17) is 55.2 Å². The number of benzene rings is 4. The first-order chi connectivity index (χ1) is 64.3. The second-order valence-electron chi connectivity index (χ2n) is 29.5. The number of carboxylic acids is 1. The first-order valence-corrected chi connectivity index (χ1v) is 43.6. The molecule has 10 rings (SSSR count). The van der Waals surface area contributed by atoms with Crippen molar-refractivity contribution in [1.29, 1.82) is 0 Å². The molecule has 6 heterocycles. The number of nitrogens with zero attached hydrogens (tertiary/aromatic N) is 6. The highest BCUT2D eigenvalue weighted by Gasteiger charge is 2.25. The van der Waals surface area contributed by atoms with Gasteiger partial charge in [0.25, 0.3) is 0 Å². The Morgan fingerprint density at radius 1 is 0.353 bits per heavy atom. The molecule has 0 unspecified atom stereocenters. The summed E-state index contributed by atoms with van der Waals surface area (Å²) < 4.78 is 14.1. The molecule has 0 radical (unpaired) electrons. The maximum absolute atomic E-state index is 12.3. The second-order valence-corrected chi connectivity index (χ2v) is 30.3. The first-order valence-electron chi connectivity index (χ1n) is 42.8. The number of ether oxygens (including phenoxy) is 3. The van der Waals surface area contributed by atoms with E-state index >= 15 is 0 Å². The molecular formula is C91H114N24O16S2. The van der Waals surface area contributed by atoms with E-state index in [1.807, 2.05) is 84.9 Å². The fourth-order valence-electron chi connectivity index (χ4n) is 12.4. The van der Waals surface area contributed by atoms with E-state index in [0.29, 0.717) is 127 Å². The zero-order chi connectivity index (χ0) is 95.8. The molecule has 4 atom stereocenters. The summed E-state index contributed by atoms with van der Waals surface area (Å²) >= 11 is 10.5. The average Bonchev–Trinajstić information content (AvgIpc) is 1.71. The van der Waals surface area contributed by atoms with Crippen molar-refractivity contribution in [2.24, 2.45) is 0 Å². The third-order valence-electron chi connectivity index (χ3n) is 19.3. The molecule has 40 nitrogen and oxygen atoms in total. The van der Waals surface area contributed by atoms with Crippen molar-refractivity contribution in [2.45, 2.75) is 127 Å².